The Morgan fingerprint density at radius 3 is 2.47 bits per heavy atom. The van der Waals surface area contributed by atoms with Crippen LogP contribution in [0.25, 0.3) is 0 Å². The number of hydrogen-bond donors (Lipinski definition) is 1. The molecule has 2 rings (SSSR count). The van der Waals surface area contributed by atoms with Crippen molar-refractivity contribution in [3.05, 3.63) is 52.1 Å². The molecular formula is C14H16F2N2S. The second-order valence-electron chi connectivity index (χ2n) is 5.56. The number of H-pyrrole nitrogens is 1. The lowest BCUT2D eigenvalue weighted by molar-refractivity contribution is 0.503. The Hall–Kier alpha value is -1.49. The summed E-state index contributed by atoms with van der Waals surface area (Å²) in [6.07, 6.45) is 1.86. The lowest BCUT2D eigenvalue weighted by atomic mass is 9.92. The van der Waals surface area contributed by atoms with Gasteiger partial charge in [0.1, 0.15) is 0 Å². The molecule has 0 aliphatic carbocycles. The SMILES string of the molecule is CC(C)(C)c1c[nH]c(=S)n1Cc1ccc(F)c(F)c1. The summed E-state index contributed by atoms with van der Waals surface area (Å²) in [5.41, 5.74) is 1.63. The van der Waals surface area contributed by atoms with Gasteiger partial charge < -0.3 is 9.55 Å². The van der Waals surface area contributed by atoms with E-state index < -0.39 is 11.6 Å². The Morgan fingerprint density at radius 2 is 1.89 bits per heavy atom. The first-order chi connectivity index (χ1) is 8.79. The highest BCUT2D eigenvalue weighted by molar-refractivity contribution is 7.71. The van der Waals surface area contributed by atoms with E-state index >= 15 is 0 Å². The summed E-state index contributed by atoms with van der Waals surface area (Å²) in [5, 5.41) is 0. The van der Waals surface area contributed by atoms with Gasteiger partial charge in [0, 0.05) is 17.3 Å². The van der Waals surface area contributed by atoms with E-state index in [1.807, 2.05) is 10.8 Å². The van der Waals surface area contributed by atoms with Gasteiger partial charge in [-0.1, -0.05) is 26.8 Å². The topological polar surface area (TPSA) is 20.7 Å². The lowest BCUT2D eigenvalue weighted by Gasteiger charge is -2.20. The number of aromatic nitrogens is 2. The average Bonchev–Trinajstić information content (AvgIpc) is 2.65. The Morgan fingerprint density at radius 1 is 1.21 bits per heavy atom. The minimum absolute atomic E-state index is 0.0772. The van der Waals surface area contributed by atoms with Gasteiger partial charge in [0.2, 0.25) is 0 Å². The summed E-state index contributed by atoms with van der Waals surface area (Å²) in [6.45, 7) is 6.65. The molecule has 19 heavy (non-hydrogen) atoms. The van der Waals surface area contributed by atoms with Gasteiger partial charge in [-0.25, -0.2) is 8.78 Å². The lowest BCUT2D eigenvalue weighted by Crippen LogP contribution is -2.18. The molecule has 102 valence electrons. The van der Waals surface area contributed by atoms with E-state index in [9.17, 15) is 8.78 Å². The molecule has 1 heterocycles. The number of nitrogens with one attached hydrogen (secondary N) is 1. The molecule has 0 aliphatic rings. The number of halogens is 2. The zero-order valence-corrected chi connectivity index (χ0v) is 11.9. The molecule has 0 unspecified atom stereocenters. The number of aromatic amines is 1. The maximum absolute atomic E-state index is 13.2. The highest BCUT2D eigenvalue weighted by Crippen LogP contribution is 2.23. The highest BCUT2D eigenvalue weighted by Gasteiger charge is 2.19. The zero-order valence-electron chi connectivity index (χ0n) is 11.1. The minimum Gasteiger partial charge on any atom is -0.337 e. The Bertz CT molecular complexity index is 650. The summed E-state index contributed by atoms with van der Waals surface area (Å²) in [6, 6.07) is 3.91. The molecule has 0 fully saturated rings. The van der Waals surface area contributed by atoms with E-state index in [-0.39, 0.29) is 5.41 Å². The fourth-order valence-electron chi connectivity index (χ4n) is 1.99. The van der Waals surface area contributed by atoms with Crippen LogP contribution in [0.2, 0.25) is 0 Å². The zero-order chi connectivity index (χ0) is 14.2. The molecule has 0 aliphatic heterocycles. The third-order valence-electron chi connectivity index (χ3n) is 2.96. The fourth-order valence-corrected chi connectivity index (χ4v) is 2.22. The molecule has 1 N–H and O–H groups in total. The summed E-state index contributed by atoms with van der Waals surface area (Å²) >= 11 is 5.24. The minimum atomic E-state index is -0.836. The molecule has 0 saturated heterocycles. The van der Waals surface area contributed by atoms with Crippen LogP contribution in [0.5, 0.6) is 0 Å². The molecule has 2 aromatic rings. The molecule has 0 radical (unpaired) electrons. The van der Waals surface area contributed by atoms with Crippen LogP contribution in [0.3, 0.4) is 0 Å². The van der Waals surface area contributed by atoms with Crippen molar-refractivity contribution < 1.29 is 8.78 Å². The van der Waals surface area contributed by atoms with Crippen LogP contribution in [-0.4, -0.2) is 9.55 Å². The van der Waals surface area contributed by atoms with E-state index in [4.69, 9.17) is 12.2 Å². The number of rotatable bonds is 2. The van der Waals surface area contributed by atoms with Gasteiger partial charge >= 0.3 is 0 Å². The summed E-state index contributed by atoms with van der Waals surface area (Å²) in [5.74, 6) is -1.67. The Kier molecular flexibility index (Phi) is 3.58. The summed E-state index contributed by atoms with van der Waals surface area (Å²) < 4.78 is 28.6. The van der Waals surface area contributed by atoms with Gasteiger partial charge in [0.25, 0.3) is 0 Å². The predicted octanol–water partition coefficient (Wildman–Crippen LogP) is 4.17. The number of imidazole rings is 1. The monoisotopic (exact) mass is 282 g/mol. The maximum atomic E-state index is 13.2. The van der Waals surface area contributed by atoms with Crippen LogP contribution < -0.4 is 0 Å². The fraction of sp³-hybridized carbons (Fsp3) is 0.357. The van der Waals surface area contributed by atoms with Crippen LogP contribution in [0.4, 0.5) is 8.78 Å². The van der Waals surface area contributed by atoms with Gasteiger partial charge in [-0.15, -0.1) is 0 Å². The van der Waals surface area contributed by atoms with Crippen molar-refractivity contribution in [1.82, 2.24) is 9.55 Å². The second kappa shape index (κ2) is 4.89. The summed E-state index contributed by atoms with van der Waals surface area (Å²) in [7, 11) is 0. The second-order valence-corrected chi connectivity index (χ2v) is 5.95. The van der Waals surface area contributed by atoms with Crippen LogP contribution in [0.1, 0.15) is 32.0 Å². The van der Waals surface area contributed by atoms with Gasteiger partial charge in [-0.05, 0) is 29.9 Å². The molecule has 0 spiro atoms. The van der Waals surface area contributed by atoms with E-state index in [2.05, 4.69) is 25.8 Å². The smallest absolute Gasteiger partial charge is 0.177 e. The third-order valence-corrected chi connectivity index (χ3v) is 3.30. The van der Waals surface area contributed by atoms with Crippen LogP contribution in [0, 0.1) is 16.4 Å². The van der Waals surface area contributed by atoms with E-state index in [0.29, 0.717) is 16.9 Å². The third kappa shape index (κ3) is 2.92. The van der Waals surface area contributed by atoms with Crippen LogP contribution in [-0.2, 0) is 12.0 Å². The van der Waals surface area contributed by atoms with Crippen molar-refractivity contribution in [2.24, 2.45) is 0 Å². The highest BCUT2D eigenvalue weighted by atomic mass is 32.1. The molecule has 0 amide bonds. The largest absolute Gasteiger partial charge is 0.337 e. The molecule has 0 atom stereocenters. The summed E-state index contributed by atoms with van der Waals surface area (Å²) in [4.78, 5) is 3.00. The first-order valence-electron chi connectivity index (χ1n) is 6.01. The van der Waals surface area contributed by atoms with Gasteiger partial charge in [-0.2, -0.15) is 0 Å². The molecule has 5 heteroatoms. The number of nitrogens with zero attached hydrogens (tertiary/aromatic N) is 1. The first-order valence-corrected chi connectivity index (χ1v) is 6.42. The number of hydrogen-bond acceptors (Lipinski definition) is 1. The van der Waals surface area contributed by atoms with Gasteiger partial charge in [0.15, 0.2) is 16.4 Å². The van der Waals surface area contributed by atoms with Crippen LogP contribution >= 0.6 is 12.2 Å². The molecule has 1 aromatic heterocycles. The Balaban J connectivity index is 2.41. The van der Waals surface area contributed by atoms with E-state index in [1.165, 1.54) is 6.07 Å². The maximum Gasteiger partial charge on any atom is 0.177 e. The van der Waals surface area contributed by atoms with E-state index in [0.717, 1.165) is 11.8 Å². The van der Waals surface area contributed by atoms with Gasteiger partial charge in [0.05, 0.1) is 6.54 Å². The van der Waals surface area contributed by atoms with E-state index in [1.54, 1.807) is 6.07 Å². The van der Waals surface area contributed by atoms with Crippen molar-refractivity contribution >= 4 is 12.2 Å². The predicted molar refractivity (Wildman–Crippen MR) is 73.8 cm³/mol. The first kappa shape index (κ1) is 13.9. The van der Waals surface area contributed by atoms with Crippen molar-refractivity contribution in [3.63, 3.8) is 0 Å². The quantitative estimate of drug-likeness (QED) is 0.820. The van der Waals surface area contributed by atoms with Crippen molar-refractivity contribution in [2.75, 3.05) is 0 Å². The molecule has 2 nitrogen and oxygen atoms in total. The number of benzene rings is 1. The van der Waals surface area contributed by atoms with Crippen molar-refractivity contribution in [2.45, 2.75) is 32.7 Å². The molecule has 0 saturated carbocycles. The van der Waals surface area contributed by atoms with Crippen molar-refractivity contribution in [3.8, 4) is 0 Å². The van der Waals surface area contributed by atoms with Crippen molar-refractivity contribution in [1.29, 1.82) is 0 Å². The standard InChI is InChI=1S/C14H16F2N2S/c1-14(2,3)12-7-17-13(19)18(12)8-9-4-5-10(15)11(16)6-9/h4-7H,8H2,1-3H3,(H,17,19). The normalized spacial score (nSPS) is 11.8. The molecular weight excluding hydrogens is 266 g/mol. The molecule has 1 aromatic carbocycles. The average molecular weight is 282 g/mol. The van der Waals surface area contributed by atoms with Crippen LogP contribution in [0.15, 0.2) is 24.4 Å². The van der Waals surface area contributed by atoms with Gasteiger partial charge in [-0.3, -0.25) is 0 Å². The Labute approximate surface area is 116 Å². The molecule has 0 bridgehead atoms.